The molecule has 4 rings (SSSR count). The Morgan fingerprint density at radius 2 is 1.79 bits per heavy atom. The van der Waals surface area contributed by atoms with Gasteiger partial charge in [-0.25, -0.2) is 4.90 Å². The molecule has 0 saturated carbocycles. The molecular formula is C24H16Cl2INO4S. The molecule has 0 aromatic heterocycles. The highest BCUT2D eigenvalue weighted by molar-refractivity contribution is 14.1. The number of halogens is 3. The standard InChI is InChI=1S/C24H16Cl2INO4S/c1-31-20-10-15(9-19(27)22(20)32-13-14-5-7-16(25)8-6-14)11-21-23(29)28(24(30)33-21)18-4-2-3-17(26)12-18/h2-12H,13H2,1H3/b21-11-. The van der Waals surface area contributed by atoms with Crippen LogP contribution in [-0.4, -0.2) is 18.3 Å². The fourth-order valence-electron chi connectivity index (χ4n) is 3.16. The van der Waals surface area contributed by atoms with Crippen molar-refractivity contribution >= 4 is 80.5 Å². The Labute approximate surface area is 218 Å². The van der Waals surface area contributed by atoms with Crippen LogP contribution in [0.2, 0.25) is 10.0 Å². The first kappa shape index (κ1) is 23.9. The van der Waals surface area contributed by atoms with Crippen LogP contribution in [0.5, 0.6) is 11.5 Å². The number of nitrogens with zero attached hydrogens (tertiary/aromatic N) is 1. The predicted molar refractivity (Wildman–Crippen MR) is 141 cm³/mol. The number of carbonyl (C=O) groups excluding carboxylic acids is 2. The average molecular weight is 612 g/mol. The van der Waals surface area contributed by atoms with Crippen LogP contribution in [0, 0.1) is 3.57 Å². The minimum absolute atomic E-state index is 0.313. The van der Waals surface area contributed by atoms with E-state index in [1.165, 1.54) is 0 Å². The molecule has 2 amide bonds. The minimum Gasteiger partial charge on any atom is -0.493 e. The lowest BCUT2D eigenvalue weighted by Crippen LogP contribution is -2.27. The molecule has 1 saturated heterocycles. The van der Waals surface area contributed by atoms with Gasteiger partial charge in [-0.15, -0.1) is 0 Å². The van der Waals surface area contributed by atoms with Crippen LogP contribution >= 0.6 is 57.6 Å². The number of benzene rings is 3. The Morgan fingerprint density at radius 1 is 1.03 bits per heavy atom. The molecule has 1 aliphatic rings. The monoisotopic (exact) mass is 611 g/mol. The van der Waals surface area contributed by atoms with Crippen molar-refractivity contribution in [3.05, 3.63) is 90.3 Å². The fourth-order valence-corrected chi connectivity index (χ4v) is 5.09. The lowest BCUT2D eigenvalue weighted by molar-refractivity contribution is -0.113. The van der Waals surface area contributed by atoms with Gasteiger partial charge in [-0.2, -0.15) is 0 Å². The van der Waals surface area contributed by atoms with E-state index in [1.807, 2.05) is 30.3 Å². The maximum Gasteiger partial charge on any atom is 0.298 e. The second kappa shape index (κ2) is 10.4. The Bertz CT molecular complexity index is 1260. The fraction of sp³-hybridized carbons (Fsp3) is 0.0833. The Hall–Kier alpha value is -2.20. The normalized spacial score (nSPS) is 14.8. The summed E-state index contributed by atoms with van der Waals surface area (Å²) in [5.41, 5.74) is 2.12. The number of hydrogen-bond donors (Lipinski definition) is 0. The first-order valence-electron chi connectivity index (χ1n) is 9.64. The van der Waals surface area contributed by atoms with Gasteiger partial charge < -0.3 is 9.47 Å². The highest BCUT2D eigenvalue weighted by atomic mass is 127. The van der Waals surface area contributed by atoms with E-state index >= 15 is 0 Å². The average Bonchev–Trinajstić information content (AvgIpc) is 3.06. The van der Waals surface area contributed by atoms with Crippen LogP contribution in [0.3, 0.4) is 0 Å². The van der Waals surface area contributed by atoms with E-state index in [0.717, 1.165) is 25.8 Å². The predicted octanol–water partition coefficient (Wildman–Crippen LogP) is 7.43. The second-order valence-corrected chi connectivity index (χ2v) is 9.97. The third-order valence-electron chi connectivity index (χ3n) is 4.71. The van der Waals surface area contributed by atoms with Gasteiger partial charge in [0, 0.05) is 10.0 Å². The summed E-state index contributed by atoms with van der Waals surface area (Å²) in [7, 11) is 1.55. The van der Waals surface area contributed by atoms with Crippen molar-refractivity contribution in [2.75, 3.05) is 12.0 Å². The van der Waals surface area contributed by atoms with Gasteiger partial charge in [0.2, 0.25) is 0 Å². The van der Waals surface area contributed by atoms with Crippen molar-refractivity contribution in [3.63, 3.8) is 0 Å². The quantitative estimate of drug-likeness (QED) is 0.214. The van der Waals surface area contributed by atoms with Crippen LogP contribution in [-0.2, 0) is 11.4 Å². The highest BCUT2D eigenvalue weighted by Crippen LogP contribution is 2.39. The summed E-state index contributed by atoms with van der Waals surface area (Å²) < 4.78 is 12.3. The van der Waals surface area contributed by atoms with E-state index < -0.39 is 5.91 Å². The molecule has 168 valence electrons. The lowest BCUT2D eigenvalue weighted by Gasteiger charge is -2.14. The zero-order valence-electron chi connectivity index (χ0n) is 17.2. The molecule has 3 aromatic rings. The summed E-state index contributed by atoms with van der Waals surface area (Å²) in [5.74, 6) is 0.720. The summed E-state index contributed by atoms with van der Waals surface area (Å²) in [6.07, 6.45) is 1.67. The lowest BCUT2D eigenvalue weighted by atomic mass is 10.1. The summed E-state index contributed by atoms with van der Waals surface area (Å²) in [6, 6.07) is 17.7. The first-order chi connectivity index (χ1) is 15.9. The number of methoxy groups -OCH3 is 1. The van der Waals surface area contributed by atoms with Gasteiger partial charge in [-0.1, -0.05) is 41.4 Å². The van der Waals surface area contributed by atoms with Gasteiger partial charge in [0.15, 0.2) is 11.5 Å². The van der Waals surface area contributed by atoms with Crippen molar-refractivity contribution in [2.24, 2.45) is 0 Å². The number of thioether (sulfide) groups is 1. The molecule has 5 nitrogen and oxygen atoms in total. The SMILES string of the molecule is COc1cc(/C=C2\SC(=O)N(c3cccc(Cl)c3)C2=O)cc(I)c1OCc1ccc(Cl)cc1. The third-order valence-corrected chi connectivity index (χ3v) is 6.86. The molecule has 0 unspecified atom stereocenters. The van der Waals surface area contributed by atoms with E-state index in [0.29, 0.717) is 44.3 Å². The number of rotatable bonds is 6. The smallest absolute Gasteiger partial charge is 0.298 e. The van der Waals surface area contributed by atoms with E-state index in [9.17, 15) is 9.59 Å². The molecule has 33 heavy (non-hydrogen) atoms. The molecule has 0 atom stereocenters. The minimum atomic E-state index is -0.399. The van der Waals surface area contributed by atoms with Gasteiger partial charge in [0.1, 0.15) is 6.61 Å². The summed E-state index contributed by atoms with van der Waals surface area (Å²) in [5, 5.41) is 0.733. The van der Waals surface area contributed by atoms with Crippen molar-refractivity contribution in [1.82, 2.24) is 0 Å². The van der Waals surface area contributed by atoms with E-state index in [4.69, 9.17) is 32.7 Å². The molecule has 0 spiro atoms. The van der Waals surface area contributed by atoms with Gasteiger partial charge >= 0.3 is 0 Å². The summed E-state index contributed by atoms with van der Waals surface area (Å²) in [6.45, 7) is 0.349. The number of amides is 2. The van der Waals surface area contributed by atoms with Gasteiger partial charge in [-0.3, -0.25) is 9.59 Å². The second-order valence-electron chi connectivity index (χ2n) is 6.95. The van der Waals surface area contributed by atoms with Crippen LogP contribution < -0.4 is 14.4 Å². The van der Waals surface area contributed by atoms with Crippen molar-refractivity contribution in [1.29, 1.82) is 0 Å². The van der Waals surface area contributed by atoms with Crippen molar-refractivity contribution in [3.8, 4) is 11.5 Å². The van der Waals surface area contributed by atoms with Crippen LogP contribution in [0.15, 0.2) is 65.6 Å². The van der Waals surface area contributed by atoms with Gasteiger partial charge in [-0.05, 0) is 94.0 Å². The molecular weight excluding hydrogens is 596 g/mol. The van der Waals surface area contributed by atoms with E-state index in [2.05, 4.69) is 22.6 Å². The van der Waals surface area contributed by atoms with Crippen molar-refractivity contribution in [2.45, 2.75) is 6.61 Å². The third kappa shape index (κ3) is 5.48. The van der Waals surface area contributed by atoms with Gasteiger partial charge in [0.25, 0.3) is 11.1 Å². The molecule has 0 N–H and O–H groups in total. The topological polar surface area (TPSA) is 55.8 Å². The Morgan fingerprint density at radius 3 is 2.48 bits per heavy atom. The van der Waals surface area contributed by atoms with Crippen LogP contribution in [0.4, 0.5) is 10.5 Å². The zero-order valence-corrected chi connectivity index (χ0v) is 21.7. The Kier molecular flexibility index (Phi) is 7.53. The maximum atomic E-state index is 12.9. The molecule has 1 aliphatic heterocycles. The molecule has 3 aromatic carbocycles. The van der Waals surface area contributed by atoms with Crippen LogP contribution in [0.25, 0.3) is 6.08 Å². The van der Waals surface area contributed by atoms with Gasteiger partial charge in [0.05, 0.1) is 21.3 Å². The molecule has 0 aliphatic carbocycles. The van der Waals surface area contributed by atoms with Crippen LogP contribution in [0.1, 0.15) is 11.1 Å². The number of anilines is 1. The highest BCUT2D eigenvalue weighted by Gasteiger charge is 2.36. The first-order valence-corrected chi connectivity index (χ1v) is 12.3. The number of carbonyl (C=O) groups is 2. The largest absolute Gasteiger partial charge is 0.493 e. The zero-order chi connectivity index (χ0) is 23.5. The Balaban J connectivity index is 1.58. The number of hydrogen-bond acceptors (Lipinski definition) is 5. The molecule has 9 heteroatoms. The van der Waals surface area contributed by atoms with E-state index in [-0.39, 0.29) is 5.24 Å². The molecule has 1 fully saturated rings. The number of imide groups is 1. The summed E-state index contributed by atoms with van der Waals surface area (Å²) in [4.78, 5) is 26.9. The van der Waals surface area contributed by atoms with E-state index in [1.54, 1.807) is 43.5 Å². The molecule has 0 radical (unpaired) electrons. The summed E-state index contributed by atoms with van der Waals surface area (Å²) >= 11 is 15.0. The van der Waals surface area contributed by atoms with Crippen molar-refractivity contribution < 1.29 is 19.1 Å². The maximum absolute atomic E-state index is 12.9. The molecule has 0 bridgehead atoms. The molecule has 1 heterocycles. The number of ether oxygens (including phenoxy) is 2.